The van der Waals surface area contributed by atoms with E-state index < -0.39 is 0 Å². The highest BCUT2D eigenvalue weighted by molar-refractivity contribution is 6.02. The molecule has 3 rings (SSSR count). The van der Waals surface area contributed by atoms with Crippen LogP contribution in [0.3, 0.4) is 0 Å². The molecule has 4 nitrogen and oxygen atoms in total. The molecule has 1 atom stereocenters. The molecule has 1 amide bonds. The second-order valence-corrected chi connectivity index (χ2v) is 8.89. The SMILES string of the molecule is Cc1ccccc1C1=NO[C@@H](CN(Cc2ccccc2F)C(=O)CC(C)(C)C)C1. The summed E-state index contributed by atoms with van der Waals surface area (Å²) in [7, 11) is 0. The van der Waals surface area contributed by atoms with Gasteiger partial charge >= 0.3 is 0 Å². The molecule has 0 spiro atoms. The number of nitrogens with zero attached hydrogens (tertiary/aromatic N) is 2. The van der Waals surface area contributed by atoms with Crippen molar-refractivity contribution in [1.29, 1.82) is 0 Å². The second-order valence-electron chi connectivity index (χ2n) is 8.89. The molecule has 0 fully saturated rings. The van der Waals surface area contributed by atoms with Crippen LogP contribution in [0, 0.1) is 18.2 Å². The Morgan fingerprint density at radius 3 is 2.55 bits per heavy atom. The highest BCUT2D eigenvalue weighted by Crippen LogP contribution is 2.24. The van der Waals surface area contributed by atoms with Crippen LogP contribution in [0.25, 0.3) is 0 Å². The zero-order chi connectivity index (χ0) is 21.0. The summed E-state index contributed by atoms with van der Waals surface area (Å²) in [6.45, 7) is 8.72. The average molecular weight is 397 g/mol. The number of hydrogen-bond donors (Lipinski definition) is 0. The van der Waals surface area contributed by atoms with Crippen LogP contribution in [0.4, 0.5) is 4.39 Å². The van der Waals surface area contributed by atoms with E-state index in [9.17, 15) is 9.18 Å². The Morgan fingerprint density at radius 1 is 1.17 bits per heavy atom. The summed E-state index contributed by atoms with van der Waals surface area (Å²) >= 11 is 0. The van der Waals surface area contributed by atoms with Crippen LogP contribution in [0.2, 0.25) is 0 Å². The molecule has 0 saturated carbocycles. The number of aryl methyl sites for hydroxylation is 1. The van der Waals surface area contributed by atoms with Gasteiger partial charge in [-0.2, -0.15) is 0 Å². The Balaban J connectivity index is 1.73. The van der Waals surface area contributed by atoms with E-state index >= 15 is 0 Å². The molecule has 1 aliphatic heterocycles. The molecule has 2 aromatic carbocycles. The van der Waals surface area contributed by atoms with Gasteiger partial charge in [-0.3, -0.25) is 4.79 Å². The molecular weight excluding hydrogens is 367 g/mol. The molecule has 1 aliphatic rings. The van der Waals surface area contributed by atoms with Crippen LogP contribution >= 0.6 is 0 Å². The summed E-state index contributed by atoms with van der Waals surface area (Å²) < 4.78 is 14.2. The number of hydrogen-bond acceptors (Lipinski definition) is 3. The van der Waals surface area contributed by atoms with Crippen molar-refractivity contribution in [3.63, 3.8) is 0 Å². The minimum absolute atomic E-state index is 0.00584. The van der Waals surface area contributed by atoms with Crippen molar-refractivity contribution in [3.8, 4) is 0 Å². The molecule has 154 valence electrons. The van der Waals surface area contributed by atoms with Crippen molar-refractivity contribution in [2.45, 2.75) is 53.2 Å². The first-order valence-electron chi connectivity index (χ1n) is 10.0. The molecule has 2 aromatic rings. The summed E-state index contributed by atoms with van der Waals surface area (Å²) in [6.07, 6.45) is 0.779. The monoisotopic (exact) mass is 396 g/mol. The summed E-state index contributed by atoms with van der Waals surface area (Å²) in [5, 5.41) is 4.26. The van der Waals surface area contributed by atoms with Crippen molar-refractivity contribution in [3.05, 3.63) is 71.0 Å². The zero-order valence-electron chi connectivity index (χ0n) is 17.6. The number of amides is 1. The van der Waals surface area contributed by atoms with E-state index in [-0.39, 0.29) is 29.8 Å². The van der Waals surface area contributed by atoms with Gasteiger partial charge in [-0.1, -0.05) is 68.4 Å². The fourth-order valence-electron chi connectivity index (χ4n) is 3.48. The van der Waals surface area contributed by atoms with Crippen LogP contribution in [0.5, 0.6) is 0 Å². The Bertz CT molecular complexity index is 902. The first kappa shape index (κ1) is 21.0. The predicted molar refractivity (Wildman–Crippen MR) is 113 cm³/mol. The van der Waals surface area contributed by atoms with Gasteiger partial charge in [0.15, 0.2) is 6.10 Å². The van der Waals surface area contributed by atoms with Gasteiger partial charge in [-0.05, 0) is 24.0 Å². The van der Waals surface area contributed by atoms with Crippen molar-refractivity contribution in [2.75, 3.05) is 6.54 Å². The first-order valence-corrected chi connectivity index (χ1v) is 10.0. The van der Waals surface area contributed by atoms with Gasteiger partial charge in [0, 0.05) is 30.5 Å². The summed E-state index contributed by atoms with van der Waals surface area (Å²) in [5.41, 5.74) is 3.46. The lowest BCUT2D eigenvalue weighted by atomic mass is 9.91. The van der Waals surface area contributed by atoms with Crippen LogP contribution in [-0.4, -0.2) is 29.2 Å². The van der Waals surface area contributed by atoms with Crippen LogP contribution < -0.4 is 0 Å². The van der Waals surface area contributed by atoms with Crippen molar-refractivity contribution in [2.24, 2.45) is 10.6 Å². The first-order chi connectivity index (χ1) is 13.7. The number of halogens is 1. The third-order valence-corrected chi connectivity index (χ3v) is 4.97. The van der Waals surface area contributed by atoms with Gasteiger partial charge in [0.2, 0.25) is 5.91 Å². The van der Waals surface area contributed by atoms with Gasteiger partial charge in [0.05, 0.1) is 12.3 Å². The van der Waals surface area contributed by atoms with Crippen LogP contribution in [-0.2, 0) is 16.2 Å². The van der Waals surface area contributed by atoms with Gasteiger partial charge in [0.1, 0.15) is 5.82 Å². The van der Waals surface area contributed by atoms with Gasteiger partial charge in [-0.15, -0.1) is 0 Å². The number of rotatable bonds is 6. The topological polar surface area (TPSA) is 41.9 Å². The third kappa shape index (κ3) is 5.66. The number of carbonyl (C=O) groups excluding carboxylic acids is 1. The van der Waals surface area contributed by atoms with E-state index in [4.69, 9.17) is 4.84 Å². The summed E-state index contributed by atoms with van der Waals surface area (Å²) in [4.78, 5) is 20.3. The fraction of sp³-hybridized carbons (Fsp3) is 0.417. The zero-order valence-corrected chi connectivity index (χ0v) is 17.6. The van der Waals surface area contributed by atoms with Gasteiger partial charge in [0.25, 0.3) is 0 Å². The predicted octanol–water partition coefficient (Wildman–Crippen LogP) is 5.09. The normalized spacial score (nSPS) is 16.3. The Kier molecular flexibility index (Phi) is 6.36. The lowest BCUT2D eigenvalue weighted by molar-refractivity contribution is -0.135. The molecule has 29 heavy (non-hydrogen) atoms. The molecule has 5 heteroatoms. The molecule has 0 aromatic heterocycles. The second kappa shape index (κ2) is 8.76. The number of oxime groups is 1. The molecule has 0 aliphatic carbocycles. The molecule has 0 bridgehead atoms. The smallest absolute Gasteiger partial charge is 0.223 e. The maximum Gasteiger partial charge on any atom is 0.223 e. The molecule has 0 radical (unpaired) electrons. The fourth-order valence-corrected chi connectivity index (χ4v) is 3.48. The molecule has 0 N–H and O–H groups in total. The van der Waals surface area contributed by atoms with E-state index in [0.29, 0.717) is 24.9 Å². The molecule has 0 unspecified atom stereocenters. The van der Waals surface area contributed by atoms with Crippen LogP contribution in [0.15, 0.2) is 53.7 Å². The number of benzene rings is 2. The Morgan fingerprint density at radius 2 is 1.86 bits per heavy atom. The highest BCUT2D eigenvalue weighted by Gasteiger charge is 2.29. The standard InChI is InChI=1S/C24H29FN2O2/c1-17-9-5-7-11-20(17)22-13-19(29-26-22)16-27(23(28)14-24(2,3)4)15-18-10-6-8-12-21(18)25/h5-12,19H,13-16H2,1-4H3/t19-/m1/s1. The molecule has 1 heterocycles. The maximum absolute atomic E-state index is 14.2. The lowest BCUT2D eigenvalue weighted by Crippen LogP contribution is -2.39. The van der Waals surface area contributed by atoms with Crippen molar-refractivity contribution >= 4 is 11.6 Å². The molecular formula is C24H29FN2O2. The van der Waals surface area contributed by atoms with E-state index in [1.165, 1.54) is 6.07 Å². The highest BCUT2D eigenvalue weighted by atomic mass is 19.1. The summed E-state index contributed by atoms with van der Waals surface area (Å²) in [6, 6.07) is 14.6. The van der Waals surface area contributed by atoms with E-state index in [1.807, 2.05) is 52.0 Å². The molecule has 0 saturated heterocycles. The lowest BCUT2D eigenvalue weighted by Gasteiger charge is -2.28. The van der Waals surface area contributed by atoms with Gasteiger partial charge < -0.3 is 9.74 Å². The quantitative estimate of drug-likeness (QED) is 0.682. The minimum Gasteiger partial charge on any atom is -0.390 e. The van der Waals surface area contributed by atoms with E-state index in [0.717, 1.165) is 16.8 Å². The van der Waals surface area contributed by atoms with Crippen LogP contribution in [0.1, 0.15) is 50.3 Å². The van der Waals surface area contributed by atoms with Gasteiger partial charge in [-0.25, -0.2) is 4.39 Å². The van der Waals surface area contributed by atoms with E-state index in [2.05, 4.69) is 5.16 Å². The van der Waals surface area contributed by atoms with E-state index in [1.54, 1.807) is 23.1 Å². The number of carbonyl (C=O) groups is 1. The largest absolute Gasteiger partial charge is 0.390 e. The minimum atomic E-state index is -0.301. The average Bonchev–Trinajstić information content (AvgIpc) is 3.10. The van der Waals surface area contributed by atoms with Crippen molar-refractivity contribution < 1.29 is 14.0 Å². The Labute approximate surface area is 172 Å². The Hall–Kier alpha value is -2.69. The summed E-state index contributed by atoms with van der Waals surface area (Å²) in [5.74, 6) is -0.307. The maximum atomic E-state index is 14.2. The van der Waals surface area contributed by atoms with Crippen molar-refractivity contribution in [1.82, 2.24) is 4.90 Å². The third-order valence-electron chi connectivity index (χ3n) is 4.97.